The molecule has 0 heterocycles. The molecule has 0 atom stereocenters. The lowest BCUT2D eigenvalue weighted by Crippen LogP contribution is -2.32. The van der Waals surface area contributed by atoms with Crippen LogP contribution in [0.1, 0.15) is 24.0 Å². The summed E-state index contributed by atoms with van der Waals surface area (Å²) >= 11 is 0. The van der Waals surface area contributed by atoms with Gasteiger partial charge >= 0.3 is 0 Å². The van der Waals surface area contributed by atoms with Crippen LogP contribution in [0.2, 0.25) is 0 Å². The Kier molecular flexibility index (Phi) is 4.03. The second-order valence-corrected chi connectivity index (χ2v) is 5.78. The molecule has 1 saturated carbocycles. The number of hydrogen-bond donors (Lipinski definition) is 1. The van der Waals surface area contributed by atoms with E-state index in [-0.39, 0.29) is 5.82 Å². The standard InChI is InChI=1S/C15H23FN2/c1-12-9-13(3-4-14(12)16)5-8-18(2)11-15(10-17)6-7-15/h3-4,9H,5-8,10-11,17H2,1-2H3. The van der Waals surface area contributed by atoms with Gasteiger partial charge in [0.05, 0.1) is 0 Å². The van der Waals surface area contributed by atoms with Crippen LogP contribution in [0.5, 0.6) is 0 Å². The molecule has 2 rings (SSSR count). The Morgan fingerprint density at radius 2 is 2.11 bits per heavy atom. The van der Waals surface area contributed by atoms with Gasteiger partial charge in [-0.25, -0.2) is 4.39 Å². The van der Waals surface area contributed by atoms with Gasteiger partial charge in [0.2, 0.25) is 0 Å². The topological polar surface area (TPSA) is 29.3 Å². The highest BCUT2D eigenvalue weighted by molar-refractivity contribution is 5.24. The maximum absolute atomic E-state index is 13.1. The van der Waals surface area contributed by atoms with Gasteiger partial charge in [0, 0.05) is 13.1 Å². The molecule has 2 nitrogen and oxygen atoms in total. The number of likely N-dealkylation sites (N-methyl/N-ethyl adjacent to an activating group) is 1. The van der Waals surface area contributed by atoms with E-state index in [4.69, 9.17) is 5.73 Å². The molecule has 0 unspecified atom stereocenters. The van der Waals surface area contributed by atoms with Crippen molar-refractivity contribution in [1.29, 1.82) is 0 Å². The van der Waals surface area contributed by atoms with Crippen LogP contribution in [-0.4, -0.2) is 31.6 Å². The minimum absolute atomic E-state index is 0.118. The van der Waals surface area contributed by atoms with E-state index in [0.29, 0.717) is 5.41 Å². The fourth-order valence-corrected chi connectivity index (χ4v) is 2.44. The summed E-state index contributed by atoms with van der Waals surface area (Å²) in [5.74, 6) is -0.118. The molecule has 0 aliphatic heterocycles. The monoisotopic (exact) mass is 250 g/mol. The Hall–Kier alpha value is -0.930. The van der Waals surface area contributed by atoms with Crippen LogP contribution in [0.25, 0.3) is 0 Å². The number of halogens is 1. The summed E-state index contributed by atoms with van der Waals surface area (Å²) in [6.07, 6.45) is 3.51. The lowest BCUT2D eigenvalue weighted by atomic mass is 10.1. The van der Waals surface area contributed by atoms with Crippen molar-refractivity contribution in [3.8, 4) is 0 Å². The van der Waals surface area contributed by atoms with E-state index in [9.17, 15) is 4.39 Å². The highest BCUT2D eigenvalue weighted by Gasteiger charge is 2.41. The Bertz CT molecular complexity index is 413. The predicted molar refractivity (Wildman–Crippen MR) is 73.1 cm³/mol. The van der Waals surface area contributed by atoms with Gasteiger partial charge in [-0.05, 0) is 62.4 Å². The minimum atomic E-state index is -0.118. The maximum Gasteiger partial charge on any atom is 0.126 e. The van der Waals surface area contributed by atoms with E-state index < -0.39 is 0 Å². The summed E-state index contributed by atoms with van der Waals surface area (Å²) in [6, 6.07) is 5.39. The molecule has 18 heavy (non-hydrogen) atoms. The van der Waals surface area contributed by atoms with Crippen LogP contribution in [0.15, 0.2) is 18.2 Å². The molecule has 0 radical (unpaired) electrons. The molecule has 1 aliphatic rings. The molecule has 0 saturated heterocycles. The van der Waals surface area contributed by atoms with Gasteiger partial charge in [0.25, 0.3) is 0 Å². The highest BCUT2D eigenvalue weighted by atomic mass is 19.1. The first kappa shape index (κ1) is 13.5. The summed E-state index contributed by atoms with van der Waals surface area (Å²) in [5.41, 5.74) is 8.13. The molecular formula is C15H23FN2. The lowest BCUT2D eigenvalue weighted by Gasteiger charge is -2.22. The van der Waals surface area contributed by atoms with Crippen LogP contribution < -0.4 is 5.73 Å². The largest absolute Gasteiger partial charge is 0.330 e. The highest BCUT2D eigenvalue weighted by Crippen LogP contribution is 2.44. The molecule has 100 valence electrons. The SMILES string of the molecule is Cc1cc(CCN(C)CC2(CN)CC2)ccc1F. The third kappa shape index (κ3) is 3.30. The summed E-state index contributed by atoms with van der Waals surface area (Å²) in [4.78, 5) is 2.35. The summed E-state index contributed by atoms with van der Waals surface area (Å²) in [6.45, 7) is 4.71. The number of nitrogens with zero attached hydrogens (tertiary/aromatic N) is 1. The molecular weight excluding hydrogens is 227 g/mol. The molecule has 0 bridgehead atoms. The van der Waals surface area contributed by atoms with Crippen molar-refractivity contribution in [2.45, 2.75) is 26.2 Å². The smallest absolute Gasteiger partial charge is 0.126 e. The zero-order valence-electron chi connectivity index (χ0n) is 11.4. The first-order valence-corrected chi connectivity index (χ1v) is 6.68. The fourth-order valence-electron chi connectivity index (χ4n) is 2.44. The number of benzene rings is 1. The van der Waals surface area contributed by atoms with Crippen molar-refractivity contribution in [2.24, 2.45) is 11.1 Å². The molecule has 0 amide bonds. The van der Waals surface area contributed by atoms with Crippen LogP contribution in [0.4, 0.5) is 4.39 Å². The van der Waals surface area contributed by atoms with E-state index >= 15 is 0 Å². The number of rotatable bonds is 6. The quantitative estimate of drug-likeness (QED) is 0.839. The first-order chi connectivity index (χ1) is 8.54. The third-order valence-corrected chi connectivity index (χ3v) is 4.00. The van der Waals surface area contributed by atoms with Gasteiger partial charge in [-0.3, -0.25) is 0 Å². The first-order valence-electron chi connectivity index (χ1n) is 6.68. The second-order valence-electron chi connectivity index (χ2n) is 5.78. The second kappa shape index (κ2) is 5.37. The van der Waals surface area contributed by atoms with Crippen molar-refractivity contribution in [2.75, 3.05) is 26.7 Å². The van der Waals surface area contributed by atoms with E-state index in [1.807, 2.05) is 19.1 Å². The van der Waals surface area contributed by atoms with Crippen molar-refractivity contribution in [1.82, 2.24) is 4.90 Å². The third-order valence-electron chi connectivity index (χ3n) is 4.00. The van der Waals surface area contributed by atoms with Gasteiger partial charge in [-0.2, -0.15) is 0 Å². The lowest BCUT2D eigenvalue weighted by molar-refractivity contribution is 0.269. The molecule has 2 N–H and O–H groups in total. The zero-order chi connectivity index (χ0) is 13.2. The van der Waals surface area contributed by atoms with Crippen LogP contribution in [0, 0.1) is 18.2 Å². The summed E-state index contributed by atoms with van der Waals surface area (Å²) < 4.78 is 13.1. The van der Waals surface area contributed by atoms with Crippen molar-refractivity contribution in [3.05, 3.63) is 35.1 Å². The maximum atomic E-state index is 13.1. The molecule has 1 aromatic rings. The van der Waals surface area contributed by atoms with Crippen molar-refractivity contribution in [3.63, 3.8) is 0 Å². The van der Waals surface area contributed by atoms with Crippen molar-refractivity contribution >= 4 is 0 Å². The number of aryl methyl sites for hydroxylation is 1. The molecule has 1 aliphatic carbocycles. The van der Waals surface area contributed by atoms with Crippen LogP contribution >= 0.6 is 0 Å². The average molecular weight is 250 g/mol. The van der Waals surface area contributed by atoms with E-state index in [1.54, 1.807) is 6.07 Å². The predicted octanol–water partition coefficient (Wildman–Crippen LogP) is 2.35. The Morgan fingerprint density at radius 3 is 2.67 bits per heavy atom. The van der Waals surface area contributed by atoms with Gasteiger partial charge in [0.15, 0.2) is 0 Å². The minimum Gasteiger partial charge on any atom is -0.330 e. The Balaban J connectivity index is 1.81. The average Bonchev–Trinajstić information content (AvgIpc) is 3.11. The molecule has 1 aromatic carbocycles. The van der Waals surface area contributed by atoms with Crippen molar-refractivity contribution < 1.29 is 4.39 Å². The molecule has 3 heteroatoms. The fraction of sp³-hybridized carbons (Fsp3) is 0.600. The van der Waals surface area contributed by atoms with E-state index in [2.05, 4.69) is 11.9 Å². The molecule has 0 spiro atoms. The van der Waals surface area contributed by atoms with E-state index in [1.165, 1.54) is 18.4 Å². The van der Waals surface area contributed by atoms with Crippen LogP contribution in [-0.2, 0) is 6.42 Å². The van der Waals surface area contributed by atoms with Gasteiger partial charge in [0.1, 0.15) is 5.82 Å². The van der Waals surface area contributed by atoms with Gasteiger partial charge < -0.3 is 10.6 Å². The molecule has 1 fully saturated rings. The summed E-state index contributed by atoms with van der Waals surface area (Å²) in [5, 5.41) is 0. The number of hydrogen-bond acceptors (Lipinski definition) is 2. The van der Waals surface area contributed by atoms with Crippen LogP contribution in [0.3, 0.4) is 0 Å². The van der Waals surface area contributed by atoms with Gasteiger partial charge in [-0.15, -0.1) is 0 Å². The number of nitrogens with two attached hydrogens (primary N) is 1. The Labute approximate surface area is 109 Å². The normalized spacial score (nSPS) is 17.2. The van der Waals surface area contributed by atoms with E-state index in [0.717, 1.165) is 31.6 Å². The zero-order valence-corrected chi connectivity index (χ0v) is 11.4. The Morgan fingerprint density at radius 1 is 1.39 bits per heavy atom. The molecule has 0 aromatic heterocycles. The summed E-state index contributed by atoms with van der Waals surface area (Å²) in [7, 11) is 2.14. The van der Waals surface area contributed by atoms with Gasteiger partial charge in [-0.1, -0.05) is 12.1 Å².